The molecule has 0 spiro atoms. The van der Waals surface area contributed by atoms with E-state index >= 15 is 0 Å². The van der Waals surface area contributed by atoms with Crippen molar-refractivity contribution in [2.75, 3.05) is 20.1 Å². The van der Waals surface area contributed by atoms with Crippen molar-refractivity contribution in [2.24, 2.45) is 0 Å². The standard InChI is InChI=1S/C14H22N2O/c1-3-14(17)15-10-7-11-16(2)12-13-8-5-4-6-9-13/h4-6,8-9H,3,7,10-12H2,1-2H3,(H,15,17). The summed E-state index contributed by atoms with van der Waals surface area (Å²) >= 11 is 0. The first-order chi connectivity index (χ1) is 8.22. The van der Waals surface area contributed by atoms with Gasteiger partial charge in [-0.25, -0.2) is 0 Å². The smallest absolute Gasteiger partial charge is 0.219 e. The first-order valence-electron chi connectivity index (χ1n) is 6.21. The summed E-state index contributed by atoms with van der Waals surface area (Å²) in [7, 11) is 2.11. The topological polar surface area (TPSA) is 32.3 Å². The normalized spacial score (nSPS) is 10.5. The van der Waals surface area contributed by atoms with E-state index in [0.717, 1.165) is 26.1 Å². The second kappa shape index (κ2) is 7.85. The fourth-order valence-corrected chi connectivity index (χ4v) is 1.68. The SMILES string of the molecule is CCC(=O)NCCCN(C)Cc1ccccc1. The van der Waals surface area contributed by atoms with Gasteiger partial charge in [-0.05, 0) is 25.6 Å². The zero-order valence-electron chi connectivity index (χ0n) is 10.8. The van der Waals surface area contributed by atoms with Crippen LogP contribution in [-0.4, -0.2) is 30.9 Å². The van der Waals surface area contributed by atoms with Gasteiger partial charge in [0.1, 0.15) is 0 Å². The molecule has 0 heterocycles. The highest BCUT2D eigenvalue weighted by atomic mass is 16.1. The van der Waals surface area contributed by atoms with Gasteiger partial charge in [0.25, 0.3) is 0 Å². The number of rotatable bonds is 7. The van der Waals surface area contributed by atoms with Gasteiger partial charge in [0, 0.05) is 19.5 Å². The predicted octanol–water partition coefficient (Wildman–Crippen LogP) is 2.03. The van der Waals surface area contributed by atoms with Crippen LogP contribution in [0.2, 0.25) is 0 Å². The molecule has 0 atom stereocenters. The number of nitrogens with one attached hydrogen (secondary N) is 1. The summed E-state index contributed by atoms with van der Waals surface area (Å²) < 4.78 is 0. The zero-order valence-corrected chi connectivity index (χ0v) is 10.8. The minimum absolute atomic E-state index is 0.135. The first-order valence-corrected chi connectivity index (χ1v) is 6.21. The van der Waals surface area contributed by atoms with E-state index in [-0.39, 0.29) is 5.91 Å². The third kappa shape index (κ3) is 6.07. The van der Waals surface area contributed by atoms with Gasteiger partial charge in [-0.1, -0.05) is 37.3 Å². The molecule has 0 unspecified atom stereocenters. The molecule has 0 saturated heterocycles. The lowest BCUT2D eigenvalue weighted by atomic mass is 10.2. The molecule has 0 radical (unpaired) electrons. The molecule has 0 aliphatic heterocycles. The number of hydrogen-bond donors (Lipinski definition) is 1. The molecule has 3 heteroatoms. The van der Waals surface area contributed by atoms with Crippen LogP contribution in [0.5, 0.6) is 0 Å². The highest BCUT2D eigenvalue weighted by Crippen LogP contribution is 2.02. The Hall–Kier alpha value is -1.35. The average Bonchev–Trinajstić information content (AvgIpc) is 2.35. The van der Waals surface area contributed by atoms with E-state index in [1.165, 1.54) is 5.56 Å². The van der Waals surface area contributed by atoms with Crippen LogP contribution < -0.4 is 5.32 Å². The van der Waals surface area contributed by atoms with Gasteiger partial charge in [-0.3, -0.25) is 4.79 Å². The molecule has 0 saturated carbocycles. The van der Waals surface area contributed by atoms with Gasteiger partial charge in [-0.2, -0.15) is 0 Å². The lowest BCUT2D eigenvalue weighted by molar-refractivity contribution is -0.120. The van der Waals surface area contributed by atoms with Crippen LogP contribution in [-0.2, 0) is 11.3 Å². The molecule has 3 nitrogen and oxygen atoms in total. The van der Waals surface area contributed by atoms with Crippen LogP contribution in [0.25, 0.3) is 0 Å². The molecule has 1 aromatic rings. The van der Waals surface area contributed by atoms with Crippen molar-refractivity contribution in [1.82, 2.24) is 10.2 Å². The van der Waals surface area contributed by atoms with Gasteiger partial charge in [0.2, 0.25) is 5.91 Å². The predicted molar refractivity (Wildman–Crippen MR) is 70.7 cm³/mol. The maximum absolute atomic E-state index is 11.0. The van der Waals surface area contributed by atoms with E-state index < -0.39 is 0 Å². The van der Waals surface area contributed by atoms with E-state index in [4.69, 9.17) is 0 Å². The van der Waals surface area contributed by atoms with Crippen molar-refractivity contribution in [3.63, 3.8) is 0 Å². The Balaban J connectivity index is 2.13. The Morgan fingerprint density at radius 3 is 2.65 bits per heavy atom. The fraction of sp³-hybridized carbons (Fsp3) is 0.500. The highest BCUT2D eigenvalue weighted by Gasteiger charge is 2.00. The van der Waals surface area contributed by atoms with Crippen LogP contribution in [0, 0.1) is 0 Å². The van der Waals surface area contributed by atoms with E-state index in [9.17, 15) is 4.79 Å². The lowest BCUT2D eigenvalue weighted by Gasteiger charge is -2.16. The minimum Gasteiger partial charge on any atom is -0.356 e. The van der Waals surface area contributed by atoms with Crippen molar-refractivity contribution in [1.29, 1.82) is 0 Å². The monoisotopic (exact) mass is 234 g/mol. The molecule has 0 aromatic heterocycles. The third-order valence-electron chi connectivity index (χ3n) is 2.66. The van der Waals surface area contributed by atoms with Crippen molar-refractivity contribution in [3.8, 4) is 0 Å². The molecular formula is C14H22N2O. The van der Waals surface area contributed by atoms with Crippen LogP contribution >= 0.6 is 0 Å². The molecule has 1 N–H and O–H groups in total. The summed E-state index contributed by atoms with van der Waals surface area (Å²) in [5.74, 6) is 0.135. The fourth-order valence-electron chi connectivity index (χ4n) is 1.68. The maximum atomic E-state index is 11.0. The number of benzene rings is 1. The Bertz CT molecular complexity index is 324. The van der Waals surface area contributed by atoms with Gasteiger partial charge >= 0.3 is 0 Å². The largest absolute Gasteiger partial charge is 0.356 e. The van der Waals surface area contributed by atoms with Crippen LogP contribution in [0.4, 0.5) is 0 Å². The van der Waals surface area contributed by atoms with Crippen molar-refractivity contribution in [3.05, 3.63) is 35.9 Å². The molecular weight excluding hydrogens is 212 g/mol. The van der Waals surface area contributed by atoms with Crippen LogP contribution in [0.1, 0.15) is 25.3 Å². The lowest BCUT2D eigenvalue weighted by Crippen LogP contribution is -2.27. The number of carbonyl (C=O) groups excluding carboxylic acids is 1. The Morgan fingerprint density at radius 1 is 1.29 bits per heavy atom. The molecule has 1 aromatic carbocycles. The van der Waals surface area contributed by atoms with Gasteiger partial charge < -0.3 is 10.2 Å². The summed E-state index contributed by atoms with van der Waals surface area (Å²) in [5.41, 5.74) is 1.33. The summed E-state index contributed by atoms with van der Waals surface area (Å²) in [6.07, 6.45) is 1.56. The summed E-state index contributed by atoms with van der Waals surface area (Å²) in [4.78, 5) is 13.3. The maximum Gasteiger partial charge on any atom is 0.219 e. The number of hydrogen-bond acceptors (Lipinski definition) is 2. The molecule has 0 aliphatic carbocycles. The van der Waals surface area contributed by atoms with Gasteiger partial charge in [-0.15, -0.1) is 0 Å². The average molecular weight is 234 g/mol. The van der Waals surface area contributed by atoms with Crippen LogP contribution in [0.3, 0.4) is 0 Å². The summed E-state index contributed by atoms with van der Waals surface area (Å²) in [5, 5.41) is 2.89. The van der Waals surface area contributed by atoms with E-state index in [0.29, 0.717) is 6.42 Å². The first kappa shape index (κ1) is 13.7. The number of carbonyl (C=O) groups is 1. The number of amides is 1. The molecule has 0 fully saturated rings. The molecule has 17 heavy (non-hydrogen) atoms. The van der Waals surface area contributed by atoms with Gasteiger partial charge in [0.15, 0.2) is 0 Å². The molecule has 0 bridgehead atoms. The second-order valence-electron chi connectivity index (χ2n) is 4.28. The van der Waals surface area contributed by atoms with E-state index in [2.05, 4.69) is 41.5 Å². The van der Waals surface area contributed by atoms with E-state index in [1.54, 1.807) is 0 Å². The Labute approximate surface area is 104 Å². The summed E-state index contributed by atoms with van der Waals surface area (Å²) in [6, 6.07) is 10.4. The summed E-state index contributed by atoms with van der Waals surface area (Å²) in [6.45, 7) is 4.60. The number of nitrogens with zero attached hydrogens (tertiary/aromatic N) is 1. The third-order valence-corrected chi connectivity index (χ3v) is 2.66. The van der Waals surface area contributed by atoms with Gasteiger partial charge in [0.05, 0.1) is 0 Å². The molecule has 1 amide bonds. The van der Waals surface area contributed by atoms with Crippen molar-refractivity contribution >= 4 is 5.91 Å². The van der Waals surface area contributed by atoms with Crippen LogP contribution in [0.15, 0.2) is 30.3 Å². The van der Waals surface area contributed by atoms with Crippen molar-refractivity contribution in [2.45, 2.75) is 26.3 Å². The zero-order chi connectivity index (χ0) is 12.5. The second-order valence-corrected chi connectivity index (χ2v) is 4.28. The molecule has 0 aliphatic rings. The quantitative estimate of drug-likeness (QED) is 0.732. The highest BCUT2D eigenvalue weighted by molar-refractivity contribution is 5.75. The molecule has 1 rings (SSSR count). The molecule has 94 valence electrons. The Kier molecular flexibility index (Phi) is 6.33. The minimum atomic E-state index is 0.135. The van der Waals surface area contributed by atoms with E-state index in [1.807, 2.05) is 13.0 Å². The van der Waals surface area contributed by atoms with Crippen molar-refractivity contribution < 1.29 is 4.79 Å². The Morgan fingerprint density at radius 2 is 2.00 bits per heavy atom.